The van der Waals surface area contributed by atoms with Crippen LogP contribution >= 0.6 is 11.6 Å². The minimum Gasteiger partial charge on any atom is -0.366 e. The van der Waals surface area contributed by atoms with Gasteiger partial charge < -0.3 is 10.3 Å². The molecule has 4 aromatic rings. The number of primary amides is 1. The molecular formula is C20H13ClFN2O. The zero-order valence-electron chi connectivity index (χ0n) is 13.1. The number of hydrogen-bond donors (Lipinski definition) is 1. The number of hydrogen-bond acceptors (Lipinski definition) is 1. The highest BCUT2D eigenvalue weighted by Crippen LogP contribution is 2.35. The van der Waals surface area contributed by atoms with Gasteiger partial charge in [-0.3, -0.25) is 4.79 Å². The molecule has 0 bridgehead atoms. The van der Waals surface area contributed by atoms with Crippen LogP contribution in [0.5, 0.6) is 0 Å². The molecule has 1 heterocycles. The summed E-state index contributed by atoms with van der Waals surface area (Å²) in [6.07, 6.45) is 0. The van der Waals surface area contributed by atoms with Crippen molar-refractivity contribution in [2.75, 3.05) is 0 Å². The highest BCUT2D eigenvalue weighted by molar-refractivity contribution is 6.36. The van der Waals surface area contributed by atoms with Gasteiger partial charge >= 0.3 is 0 Å². The number of fused-ring (bicyclic) bond motifs is 3. The van der Waals surface area contributed by atoms with Crippen LogP contribution in [0.4, 0.5) is 4.39 Å². The summed E-state index contributed by atoms with van der Waals surface area (Å²) >= 11 is 6.44. The lowest BCUT2D eigenvalue weighted by Gasteiger charge is -2.09. The van der Waals surface area contributed by atoms with E-state index in [1.807, 2.05) is 10.6 Å². The van der Waals surface area contributed by atoms with Gasteiger partial charge in [0.25, 0.3) is 0 Å². The molecule has 4 rings (SSSR count). The van der Waals surface area contributed by atoms with Gasteiger partial charge in [0.2, 0.25) is 5.91 Å². The minimum atomic E-state index is -0.500. The molecule has 0 aliphatic rings. The average Bonchev–Trinajstić information content (AvgIpc) is 2.92. The maximum absolute atomic E-state index is 13.2. The number of aromatic nitrogens is 1. The first-order valence-electron chi connectivity index (χ1n) is 7.71. The molecule has 1 aromatic heterocycles. The number of rotatable bonds is 3. The lowest BCUT2D eigenvalue weighted by atomic mass is 10.1. The minimum absolute atomic E-state index is 0.284. The Morgan fingerprint density at radius 2 is 1.92 bits per heavy atom. The Bertz CT molecular complexity index is 1120. The molecule has 3 nitrogen and oxygen atoms in total. The Morgan fingerprint density at radius 1 is 1.16 bits per heavy atom. The Kier molecular flexibility index (Phi) is 3.70. The number of carbonyl (C=O) groups is 1. The van der Waals surface area contributed by atoms with Crippen molar-refractivity contribution in [1.29, 1.82) is 0 Å². The topological polar surface area (TPSA) is 48.0 Å². The van der Waals surface area contributed by atoms with Crippen molar-refractivity contribution in [3.8, 4) is 0 Å². The van der Waals surface area contributed by atoms with Crippen molar-refractivity contribution < 1.29 is 9.18 Å². The summed E-state index contributed by atoms with van der Waals surface area (Å²) in [6, 6.07) is 18.4. The number of nitrogens with zero attached hydrogens (tertiary/aromatic N) is 1. The van der Waals surface area contributed by atoms with Crippen LogP contribution in [-0.4, -0.2) is 10.5 Å². The second kappa shape index (κ2) is 5.90. The molecule has 0 spiro atoms. The van der Waals surface area contributed by atoms with Gasteiger partial charge in [0, 0.05) is 22.9 Å². The van der Waals surface area contributed by atoms with Gasteiger partial charge in [-0.05, 0) is 42.0 Å². The Morgan fingerprint density at radius 3 is 2.64 bits per heavy atom. The van der Waals surface area contributed by atoms with Gasteiger partial charge in [0.05, 0.1) is 16.1 Å². The fourth-order valence-corrected chi connectivity index (χ4v) is 3.47. The summed E-state index contributed by atoms with van der Waals surface area (Å²) in [5.74, 6) is -0.784. The van der Waals surface area contributed by atoms with E-state index in [9.17, 15) is 9.18 Å². The van der Waals surface area contributed by atoms with Crippen LogP contribution in [0.3, 0.4) is 0 Å². The molecule has 0 aliphatic carbocycles. The van der Waals surface area contributed by atoms with Gasteiger partial charge in [0.1, 0.15) is 5.82 Å². The van der Waals surface area contributed by atoms with Gasteiger partial charge in [-0.2, -0.15) is 0 Å². The molecule has 1 amide bonds. The van der Waals surface area contributed by atoms with Crippen LogP contribution in [0, 0.1) is 11.9 Å². The van der Waals surface area contributed by atoms with Crippen molar-refractivity contribution in [2.45, 2.75) is 6.54 Å². The highest BCUT2D eigenvalue weighted by atomic mass is 35.5. The van der Waals surface area contributed by atoms with Crippen molar-refractivity contribution in [1.82, 2.24) is 4.57 Å². The first-order valence-corrected chi connectivity index (χ1v) is 8.09. The molecule has 3 aromatic carbocycles. The molecule has 5 heteroatoms. The standard InChI is InChI=1S/C20H13ClFN2O/c21-16-5-1-3-14-18-15(20(23)25)4-2-6-17(18)24(19(14)16)11-12-7-9-13(22)10-8-12/h1-2,4-10H,11H2,(H2,23,25). The molecule has 0 saturated carbocycles. The third-order valence-corrected chi connectivity index (χ3v) is 4.60. The molecular weight excluding hydrogens is 339 g/mol. The maximum atomic E-state index is 13.2. The third-order valence-electron chi connectivity index (χ3n) is 4.29. The number of nitrogens with two attached hydrogens (primary N) is 1. The Labute approximate surface area is 148 Å². The Hall–Kier alpha value is -2.85. The molecule has 0 atom stereocenters. The van der Waals surface area contributed by atoms with Gasteiger partial charge in [-0.25, -0.2) is 4.39 Å². The predicted molar refractivity (Wildman–Crippen MR) is 97.3 cm³/mol. The molecule has 25 heavy (non-hydrogen) atoms. The average molecular weight is 352 g/mol. The smallest absolute Gasteiger partial charge is 0.249 e. The SMILES string of the molecule is NC(=O)c1cccc2c1c1[c]ccc(Cl)c1n2Cc1ccc(F)cc1. The second-order valence-corrected chi connectivity index (χ2v) is 6.23. The summed E-state index contributed by atoms with van der Waals surface area (Å²) in [5, 5.41) is 2.04. The zero-order chi connectivity index (χ0) is 17.6. The first kappa shape index (κ1) is 15.7. The van der Waals surface area contributed by atoms with Crippen LogP contribution in [0.25, 0.3) is 21.8 Å². The Balaban J connectivity index is 2.06. The lowest BCUT2D eigenvalue weighted by molar-refractivity contribution is 0.100. The molecule has 0 aliphatic heterocycles. The van der Waals surface area contributed by atoms with Gasteiger partial charge in [-0.15, -0.1) is 0 Å². The van der Waals surface area contributed by atoms with E-state index < -0.39 is 5.91 Å². The summed E-state index contributed by atoms with van der Waals surface area (Å²) in [4.78, 5) is 11.9. The van der Waals surface area contributed by atoms with Crippen molar-refractivity contribution in [3.63, 3.8) is 0 Å². The van der Waals surface area contributed by atoms with Crippen LogP contribution in [0.2, 0.25) is 5.02 Å². The van der Waals surface area contributed by atoms with E-state index in [2.05, 4.69) is 6.07 Å². The third kappa shape index (κ3) is 2.55. The van der Waals surface area contributed by atoms with E-state index in [0.29, 0.717) is 17.1 Å². The monoisotopic (exact) mass is 351 g/mol. The largest absolute Gasteiger partial charge is 0.366 e. The summed E-state index contributed by atoms with van der Waals surface area (Å²) in [7, 11) is 0. The van der Waals surface area contributed by atoms with Crippen molar-refractivity contribution in [2.24, 2.45) is 5.73 Å². The number of halogens is 2. The van der Waals surface area contributed by atoms with Crippen LogP contribution < -0.4 is 5.73 Å². The van der Waals surface area contributed by atoms with Crippen LogP contribution in [0.15, 0.2) is 54.6 Å². The molecule has 1 radical (unpaired) electrons. The fraction of sp³-hybridized carbons (Fsp3) is 0.0500. The molecule has 123 valence electrons. The van der Waals surface area contributed by atoms with E-state index in [-0.39, 0.29) is 5.82 Å². The highest BCUT2D eigenvalue weighted by Gasteiger charge is 2.18. The molecule has 2 N–H and O–H groups in total. The number of benzene rings is 3. The second-order valence-electron chi connectivity index (χ2n) is 5.83. The normalized spacial score (nSPS) is 11.3. The first-order chi connectivity index (χ1) is 12.1. The van der Waals surface area contributed by atoms with E-state index >= 15 is 0 Å². The van der Waals surface area contributed by atoms with Crippen molar-refractivity contribution in [3.05, 3.63) is 82.6 Å². The van der Waals surface area contributed by atoms with E-state index in [1.165, 1.54) is 12.1 Å². The zero-order valence-corrected chi connectivity index (χ0v) is 13.8. The van der Waals surface area contributed by atoms with Crippen molar-refractivity contribution >= 4 is 39.3 Å². The molecule has 0 saturated heterocycles. The summed E-state index contributed by atoms with van der Waals surface area (Å²) in [6.45, 7) is 0.486. The summed E-state index contributed by atoms with van der Waals surface area (Å²) < 4.78 is 15.2. The maximum Gasteiger partial charge on any atom is 0.249 e. The number of carbonyl (C=O) groups excluding carboxylic acids is 1. The predicted octanol–water partition coefficient (Wildman–Crippen LogP) is 4.53. The van der Waals surface area contributed by atoms with Crippen LogP contribution in [-0.2, 0) is 6.54 Å². The van der Waals surface area contributed by atoms with E-state index in [1.54, 1.807) is 36.4 Å². The van der Waals surface area contributed by atoms with Gasteiger partial charge in [-0.1, -0.05) is 35.9 Å². The van der Waals surface area contributed by atoms with Crippen LogP contribution in [0.1, 0.15) is 15.9 Å². The van der Waals surface area contributed by atoms with E-state index in [0.717, 1.165) is 27.4 Å². The molecule has 0 unspecified atom stereocenters. The van der Waals surface area contributed by atoms with E-state index in [4.69, 9.17) is 17.3 Å². The molecule has 0 fully saturated rings. The number of amides is 1. The van der Waals surface area contributed by atoms with Gasteiger partial charge in [0.15, 0.2) is 0 Å². The summed E-state index contributed by atoms with van der Waals surface area (Å²) in [5.41, 5.74) is 8.51. The quantitative estimate of drug-likeness (QED) is 0.579. The fourth-order valence-electron chi connectivity index (χ4n) is 3.21. The lowest BCUT2D eigenvalue weighted by Crippen LogP contribution is -2.11.